The number of hydrogen-bond donors (Lipinski definition) is 1. The summed E-state index contributed by atoms with van der Waals surface area (Å²) in [6, 6.07) is 6.67. The summed E-state index contributed by atoms with van der Waals surface area (Å²) in [6.45, 7) is 7.41. The van der Waals surface area contributed by atoms with Gasteiger partial charge >= 0.3 is 0 Å². The second-order valence-electron chi connectivity index (χ2n) is 5.98. The number of hydrogen-bond acceptors (Lipinski definition) is 2. The van der Waals surface area contributed by atoms with Gasteiger partial charge in [-0.05, 0) is 62.8 Å². The van der Waals surface area contributed by atoms with Crippen LogP contribution >= 0.6 is 0 Å². The lowest BCUT2D eigenvalue weighted by atomic mass is 9.96. The SMILES string of the molecule is Cc1cc(C)cc(N(C)CC(C)(N)C2CC2)c1. The van der Waals surface area contributed by atoms with Crippen LogP contribution in [0.25, 0.3) is 0 Å². The highest BCUT2D eigenvalue weighted by Gasteiger charge is 2.39. The molecule has 1 unspecified atom stereocenters. The number of nitrogens with two attached hydrogens (primary N) is 1. The molecular weight excluding hydrogens is 208 g/mol. The van der Waals surface area contributed by atoms with Gasteiger partial charge in [-0.1, -0.05) is 6.07 Å². The highest BCUT2D eigenvalue weighted by atomic mass is 15.1. The van der Waals surface area contributed by atoms with Gasteiger partial charge in [-0.15, -0.1) is 0 Å². The maximum absolute atomic E-state index is 6.39. The molecule has 1 fully saturated rings. The lowest BCUT2D eigenvalue weighted by Crippen LogP contribution is -2.48. The molecule has 1 atom stereocenters. The molecule has 0 amide bonds. The Labute approximate surface area is 105 Å². The first-order chi connectivity index (χ1) is 7.88. The molecule has 1 saturated carbocycles. The van der Waals surface area contributed by atoms with Gasteiger partial charge in [0.05, 0.1) is 0 Å². The normalized spacial score (nSPS) is 18.9. The van der Waals surface area contributed by atoms with E-state index in [1.165, 1.54) is 29.7 Å². The van der Waals surface area contributed by atoms with Crippen molar-refractivity contribution in [1.82, 2.24) is 0 Å². The average molecular weight is 232 g/mol. The zero-order valence-corrected chi connectivity index (χ0v) is 11.5. The van der Waals surface area contributed by atoms with E-state index in [4.69, 9.17) is 5.73 Å². The summed E-state index contributed by atoms with van der Waals surface area (Å²) < 4.78 is 0. The molecule has 0 spiro atoms. The first-order valence-corrected chi connectivity index (χ1v) is 6.47. The van der Waals surface area contributed by atoms with Gasteiger partial charge in [0.2, 0.25) is 0 Å². The van der Waals surface area contributed by atoms with E-state index in [1.54, 1.807) is 0 Å². The number of aryl methyl sites for hydroxylation is 2. The van der Waals surface area contributed by atoms with E-state index in [0.29, 0.717) is 0 Å². The van der Waals surface area contributed by atoms with E-state index in [2.05, 4.69) is 50.9 Å². The molecule has 0 heterocycles. The first kappa shape index (κ1) is 12.4. The minimum atomic E-state index is -0.0492. The van der Waals surface area contributed by atoms with Crippen LogP contribution in [0.5, 0.6) is 0 Å². The third kappa shape index (κ3) is 3.01. The van der Waals surface area contributed by atoms with Crippen molar-refractivity contribution in [2.75, 3.05) is 18.5 Å². The van der Waals surface area contributed by atoms with E-state index < -0.39 is 0 Å². The molecule has 0 bridgehead atoms. The third-order valence-electron chi connectivity index (χ3n) is 3.74. The zero-order valence-electron chi connectivity index (χ0n) is 11.5. The number of likely N-dealkylation sites (N-methyl/N-ethyl adjacent to an activating group) is 1. The van der Waals surface area contributed by atoms with Crippen LogP contribution in [0.4, 0.5) is 5.69 Å². The Hall–Kier alpha value is -1.02. The van der Waals surface area contributed by atoms with E-state index in [-0.39, 0.29) is 5.54 Å². The molecule has 94 valence electrons. The van der Waals surface area contributed by atoms with Crippen LogP contribution in [0.2, 0.25) is 0 Å². The predicted molar refractivity (Wildman–Crippen MR) is 74.5 cm³/mol. The van der Waals surface area contributed by atoms with Gasteiger partial charge in [-0.3, -0.25) is 0 Å². The van der Waals surface area contributed by atoms with Crippen LogP contribution in [0, 0.1) is 19.8 Å². The van der Waals surface area contributed by atoms with Gasteiger partial charge in [0.15, 0.2) is 0 Å². The van der Waals surface area contributed by atoms with E-state index in [0.717, 1.165) is 12.5 Å². The molecule has 0 saturated heterocycles. The first-order valence-electron chi connectivity index (χ1n) is 6.47. The molecule has 1 aromatic carbocycles. The Kier molecular flexibility index (Phi) is 3.17. The summed E-state index contributed by atoms with van der Waals surface area (Å²) in [6.07, 6.45) is 2.60. The molecule has 1 aromatic rings. The van der Waals surface area contributed by atoms with Crippen LogP contribution in [0.15, 0.2) is 18.2 Å². The molecule has 2 N–H and O–H groups in total. The van der Waals surface area contributed by atoms with Crippen molar-refractivity contribution in [3.8, 4) is 0 Å². The Morgan fingerprint density at radius 2 is 1.76 bits per heavy atom. The topological polar surface area (TPSA) is 29.3 Å². The maximum atomic E-state index is 6.39. The number of rotatable bonds is 4. The van der Waals surface area contributed by atoms with E-state index in [1.807, 2.05) is 0 Å². The second kappa shape index (κ2) is 4.34. The summed E-state index contributed by atoms with van der Waals surface area (Å²) in [7, 11) is 2.14. The molecule has 1 aliphatic rings. The van der Waals surface area contributed by atoms with Crippen molar-refractivity contribution in [3.63, 3.8) is 0 Å². The quantitative estimate of drug-likeness (QED) is 0.865. The molecule has 2 nitrogen and oxygen atoms in total. The number of benzene rings is 1. The van der Waals surface area contributed by atoms with Crippen molar-refractivity contribution in [2.24, 2.45) is 11.7 Å². The summed E-state index contributed by atoms with van der Waals surface area (Å²) in [5, 5.41) is 0. The number of nitrogens with zero attached hydrogens (tertiary/aromatic N) is 1. The highest BCUT2D eigenvalue weighted by molar-refractivity contribution is 5.50. The smallest absolute Gasteiger partial charge is 0.0369 e. The van der Waals surface area contributed by atoms with Crippen LogP contribution in [0.3, 0.4) is 0 Å². The number of anilines is 1. The standard InChI is InChI=1S/C15H24N2/c1-11-7-12(2)9-14(8-11)17(4)10-15(3,16)13-5-6-13/h7-9,13H,5-6,10,16H2,1-4H3. The van der Waals surface area contributed by atoms with Gasteiger partial charge in [0, 0.05) is 24.8 Å². The van der Waals surface area contributed by atoms with Crippen LogP contribution < -0.4 is 10.6 Å². The van der Waals surface area contributed by atoms with Crippen molar-refractivity contribution >= 4 is 5.69 Å². The van der Waals surface area contributed by atoms with Gasteiger partial charge in [-0.25, -0.2) is 0 Å². The Morgan fingerprint density at radius 1 is 1.24 bits per heavy atom. The van der Waals surface area contributed by atoms with Crippen LogP contribution in [-0.2, 0) is 0 Å². The third-order valence-corrected chi connectivity index (χ3v) is 3.74. The molecule has 0 radical (unpaired) electrons. The van der Waals surface area contributed by atoms with E-state index >= 15 is 0 Å². The molecule has 2 heteroatoms. The molecule has 0 aromatic heterocycles. The molecule has 17 heavy (non-hydrogen) atoms. The lowest BCUT2D eigenvalue weighted by molar-refractivity contribution is 0.412. The molecule has 1 aliphatic carbocycles. The zero-order chi connectivity index (χ0) is 12.6. The van der Waals surface area contributed by atoms with Crippen molar-refractivity contribution in [1.29, 1.82) is 0 Å². The summed E-state index contributed by atoms with van der Waals surface area (Å²) in [5.74, 6) is 0.718. The van der Waals surface area contributed by atoms with E-state index in [9.17, 15) is 0 Å². The van der Waals surface area contributed by atoms with Crippen LogP contribution in [-0.4, -0.2) is 19.1 Å². The minimum Gasteiger partial charge on any atom is -0.373 e. The molecular formula is C15H24N2. The van der Waals surface area contributed by atoms with Crippen molar-refractivity contribution in [3.05, 3.63) is 29.3 Å². The predicted octanol–water partition coefficient (Wildman–Crippen LogP) is 2.87. The van der Waals surface area contributed by atoms with Gasteiger partial charge in [0.1, 0.15) is 0 Å². The largest absolute Gasteiger partial charge is 0.373 e. The Balaban J connectivity index is 2.10. The monoisotopic (exact) mass is 232 g/mol. The van der Waals surface area contributed by atoms with Gasteiger partial charge in [-0.2, -0.15) is 0 Å². The second-order valence-corrected chi connectivity index (χ2v) is 5.98. The van der Waals surface area contributed by atoms with Crippen molar-refractivity contribution < 1.29 is 0 Å². The fourth-order valence-electron chi connectivity index (χ4n) is 2.65. The molecule has 2 rings (SSSR count). The Bertz CT molecular complexity index is 385. The van der Waals surface area contributed by atoms with Gasteiger partial charge < -0.3 is 10.6 Å². The van der Waals surface area contributed by atoms with Gasteiger partial charge in [0.25, 0.3) is 0 Å². The van der Waals surface area contributed by atoms with Crippen molar-refractivity contribution in [2.45, 2.75) is 39.2 Å². The summed E-state index contributed by atoms with van der Waals surface area (Å²) in [4.78, 5) is 2.29. The summed E-state index contributed by atoms with van der Waals surface area (Å²) in [5.41, 5.74) is 10.3. The fourth-order valence-corrected chi connectivity index (χ4v) is 2.65. The Morgan fingerprint density at radius 3 is 2.24 bits per heavy atom. The highest BCUT2D eigenvalue weighted by Crippen LogP contribution is 2.38. The lowest BCUT2D eigenvalue weighted by Gasteiger charge is -2.32. The maximum Gasteiger partial charge on any atom is 0.0369 e. The minimum absolute atomic E-state index is 0.0492. The molecule has 0 aliphatic heterocycles. The van der Waals surface area contributed by atoms with Crippen LogP contribution in [0.1, 0.15) is 30.9 Å². The average Bonchev–Trinajstić information content (AvgIpc) is 2.98. The summed E-state index contributed by atoms with van der Waals surface area (Å²) >= 11 is 0. The fraction of sp³-hybridized carbons (Fsp3) is 0.600.